The number of amidine groups is 1. The van der Waals surface area contributed by atoms with E-state index in [0.29, 0.717) is 24.7 Å². The molecule has 0 aliphatic carbocycles. The monoisotopic (exact) mass is 245 g/mol. The zero-order valence-corrected chi connectivity index (χ0v) is 10.1. The number of nitrogens with one attached hydrogen (secondary N) is 1. The Morgan fingerprint density at radius 3 is 2.83 bits per heavy atom. The lowest BCUT2D eigenvalue weighted by atomic mass is 10.1. The molecule has 2 aromatic rings. The summed E-state index contributed by atoms with van der Waals surface area (Å²) in [4.78, 5) is 4.36. The van der Waals surface area contributed by atoms with Crippen LogP contribution >= 0.6 is 0 Å². The van der Waals surface area contributed by atoms with Gasteiger partial charge in [0, 0.05) is 24.1 Å². The highest BCUT2D eigenvalue weighted by Crippen LogP contribution is 2.21. The minimum Gasteiger partial charge on any atom is -0.475 e. The third-order valence-corrected chi connectivity index (χ3v) is 2.52. The lowest BCUT2D eigenvalue weighted by Gasteiger charge is -2.09. The number of aromatic nitrogens is 1. The van der Waals surface area contributed by atoms with E-state index in [1.807, 2.05) is 24.3 Å². The van der Waals surface area contributed by atoms with Crippen LogP contribution in [0.25, 0.3) is 10.9 Å². The molecule has 5 nitrogen and oxygen atoms in total. The highest BCUT2D eigenvalue weighted by molar-refractivity contribution is 6.06. The summed E-state index contributed by atoms with van der Waals surface area (Å²) in [6.07, 6.45) is 0. The molecule has 0 spiro atoms. The van der Waals surface area contributed by atoms with Crippen LogP contribution in [-0.2, 0) is 4.74 Å². The van der Waals surface area contributed by atoms with Crippen LogP contribution in [0.1, 0.15) is 5.56 Å². The number of ether oxygens (including phenoxy) is 2. The van der Waals surface area contributed by atoms with Crippen molar-refractivity contribution >= 4 is 16.7 Å². The second-order valence-electron chi connectivity index (χ2n) is 3.78. The van der Waals surface area contributed by atoms with Gasteiger partial charge in [-0.25, -0.2) is 4.98 Å². The summed E-state index contributed by atoms with van der Waals surface area (Å²) in [7, 11) is 1.61. The summed E-state index contributed by atoms with van der Waals surface area (Å²) in [5, 5.41) is 8.45. The Bertz CT molecular complexity index is 569. The zero-order valence-electron chi connectivity index (χ0n) is 10.1. The fourth-order valence-electron chi connectivity index (χ4n) is 1.68. The number of benzene rings is 1. The first-order valence-electron chi connectivity index (χ1n) is 5.58. The highest BCUT2D eigenvalue weighted by atomic mass is 16.5. The molecular weight excluding hydrogens is 230 g/mol. The van der Waals surface area contributed by atoms with E-state index in [1.54, 1.807) is 13.2 Å². The number of methoxy groups -OCH3 is 1. The van der Waals surface area contributed by atoms with Crippen molar-refractivity contribution in [3.05, 3.63) is 35.9 Å². The van der Waals surface area contributed by atoms with E-state index in [9.17, 15) is 0 Å². The van der Waals surface area contributed by atoms with Gasteiger partial charge in [0.2, 0.25) is 5.88 Å². The molecule has 2 rings (SSSR count). The quantitative estimate of drug-likeness (QED) is 0.475. The summed E-state index contributed by atoms with van der Waals surface area (Å²) in [6.45, 7) is 0.906. The SMILES string of the molecule is COCCOc1cc(C(=N)N)c2ccccc2n1. The summed E-state index contributed by atoms with van der Waals surface area (Å²) in [6, 6.07) is 9.21. The maximum atomic E-state index is 7.60. The van der Waals surface area contributed by atoms with Crippen molar-refractivity contribution in [3.8, 4) is 5.88 Å². The molecule has 94 valence electrons. The van der Waals surface area contributed by atoms with Gasteiger partial charge in [-0.1, -0.05) is 18.2 Å². The second-order valence-corrected chi connectivity index (χ2v) is 3.78. The number of hydrogen-bond donors (Lipinski definition) is 2. The number of nitrogen functional groups attached to an aromatic ring is 1. The Kier molecular flexibility index (Phi) is 3.74. The number of hydrogen-bond acceptors (Lipinski definition) is 4. The van der Waals surface area contributed by atoms with E-state index in [1.165, 1.54) is 0 Å². The minimum absolute atomic E-state index is 0.00481. The van der Waals surface area contributed by atoms with Crippen molar-refractivity contribution in [2.75, 3.05) is 20.3 Å². The van der Waals surface area contributed by atoms with E-state index >= 15 is 0 Å². The fraction of sp³-hybridized carbons (Fsp3) is 0.231. The Balaban J connectivity index is 2.41. The van der Waals surface area contributed by atoms with Crippen molar-refractivity contribution in [1.82, 2.24) is 4.98 Å². The van der Waals surface area contributed by atoms with Crippen LogP contribution in [0.5, 0.6) is 5.88 Å². The van der Waals surface area contributed by atoms with Gasteiger partial charge in [0.1, 0.15) is 12.4 Å². The molecule has 0 aliphatic rings. The largest absolute Gasteiger partial charge is 0.475 e. The molecule has 0 unspecified atom stereocenters. The molecule has 0 saturated heterocycles. The van der Waals surface area contributed by atoms with Crippen molar-refractivity contribution in [2.45, 2.75) is 0 Å². The van der Waals surface area contributed by atoms with Gasteiger partial charge in [-0.15, -0.1) is 0 Å². The van der Waals surface area contributed by atoms with Gasteiger partial charge in [-0.2, -0.15) is 0 Å². The highest BCUT2D eigenvalue weighted by Gasteiger charge is 2.08. The lowest BCUT2D eigenvalue weighted by molar-refractivity contribution is 0.144. The first-order chi connectivity index (χ1) is 8.72. The number of nitrogens with two attached hydrogens (primary N) is 1. The minimum atomic E-state index is 0.00481. The molecule has 1 aromatic heterocycles. The summed E-state index contributed by atoms with van der Waals surface area (Å²) >= 11 is 0. The molecule has 1 heterocycles. The van der Waals surface area contributed by atoms with Gasteiger partial charge in [0.15, 0.2) is 0 Å². The van der Waals surface area contributed by atoms with Crippen LogP contribution < -0.4 is 10.5 Å². The molecule has 3 N–H and O–H groups in total. The van der Waals surface area contributed by atoms with Gasteiger partial charge in [-0.05, 0) is 6.07 Å². The van der Waals surface area contributed by atoms with Crippen molar-refractivity contribution in [2.24, 2.45) is 5.73 Å². The molecule has 0 amide bonds. The third kappa shape index (κ3) is 2.57. The number of rotatable bonds is 5. The number of para-hydroxylation sites is 1. The van der Waals surface area contributed by atoms with E-state index in [2.05, 4.69) is 4.98 Å². The van der Waals surface area contributed by atoms with E-state index in [0.717, 1.165) is 10.9 Å². The van der Waals surface area contributed by atoms with Crippen molar-refractivity contribution in [3.63, 3.8) is 0 Å². The van der Waals surface area contributed by atoms with Crippen LogP contribution in [0.15, 0.2) is 30.3 Å². The number of pyridine rings is 1. The third-order valence-electron chi connectivity index (χ3n) is 2.52. The molecule has 0 atom stereocenters. The second kappa shape index (κ2) is 5.46. The van der Waals surface area contributed by atoms with Gasteiger partial charge in [-0.3, -0.25) is 5.41 Å². The molecule has 0 saturated carbocycles. The maximum absolute atomic E-state index is 7.60. The Morgan fingerprint density at radius 1 is 1.33 bits per heavy atom. The zero-order chi connectivity index (χ0) is 13.0. The summed E-state index contributed by atoms with van der Waals surface area (Å²) < 4.78 is 10.4. The van der Waals surface area contributed by atoms with Crippen molar-refractivity contribution < 1.29 is 9.47 Å². The molecule has 0 bridgehead atoms. The molecule has 18 heavy (non-hydrogen) atoms. The molecule has 1 aromatic carbocycles. The average molecular weight is 245 g/mol. The van der Waals surface area contributed by atoms with Crippen LogP contribution in [0.4, 0.5) is 0 Å². The fourth-order valence-corrected chi connectivity index (χ4v) is 1.68. The first-order valence-corrected chi connectivity index (χ1v) is 5.58. The van der Waals surface area contributed by atoms with E-state index < -0.39 is 0 Å². The normalized spacial score (nSPS) is 10.5. The number of nitrogens with zero attached hydrogens (tertiary/aromatic N) is 1. The average Bonchev–Trinajstić information content (AvgIpc) is 2.38. The topological polar surface area (TPSA) is 81.2 Å². The van der Waals surface area contributed by atoms with Gasteiger partial charge >= 0.3 is 0 Å². The standard InChI is InChI=1S/C13H15N3O2/c1-17-6-7-18-12-8-10(13(14)15)9-4-2-3-5-11(9)16-12/h2-5,8H,6-7H2,1H3,(H3,14,15). The predicted octanol–water partition coefficient (Wildman–Crippen LogP) is 1.54. The molecule has 0 aliphatic heterocycles. The molecular formula is C13H15N3O2. The molecule has 0 radical (unpaired) electrons. The first kappa shape index (κ1) is 12.3. The van der Waals surface area contributed by atoms with Gasteiger partial charge in [0.05, 0.1) is 12.1 Å². The predicted molar refractivity (Wildman–Crippen MR) is 70.1 cm³/mol. The van der Waals surface area contributed by atoms with Gasteiger partial charge in [0.25, 0.3) is 0 Å². The maximum Gasteiger partial charge on any atom is 0.214 e. The Morgan fingerprint density at radius 2 is 2.11 bits per heavy atom. The smallest absolute Gasteiger partial charge is 0.214 e. The lowest BCUT2D eigenvalue weighted by Crippen LogP contribution is -2.13. The van der Waals surface area contributed by atoms with Crippen LogP contribution in [0.2, 0.25) is 0 Å². The van der Waals surface area contributed by atoms with Crippen LogP contribution in [0, 0.1) is 5.41 Å². The van der Waals surface area contributed by atoms with E-state index in [-0.39, 0.29) is 5.84 Å². The van der Waals surface area contributed by atoms with Crippen LogP contribution in [-0.4, -0.2) is 31.1 Å². The summed E-state index contributed by atoms with van der Waals surface area (Å²) in [5.74, 6) is 0.459. The molecule has 5 heteroatoms. The van der Waals surface area contributed by atoms with Gasteiger partial charge < -0.3 is 15.2 Å². The summed E-state index contributed by atoms with van der Waals surface area (Å²) in [5.41, 5.74) is 6.97. The number of fused-ring (bicyclic) bond motifs is 1. The van der Waals surface area contributed by atoms with E-state index in [4.69, 9.17) is 20.6 Å². The van der Waals surface area contributed by atoms with Crippen molar-refractivity contribution in [1.29, 1.82) is 5.41 Å². The molecule has 0 fully saturated rings. The Hall–Kier alpha value is -2.14. The van der Waals surface area contributed by atoms with Crippen LogP contribution in [0.3, 0.4) is 0 Å². The Labute approximate surface area is 105 Å².